The van der Waals surface area contributed by atoms with Crippen LogP contribution in [0.15, 0.2) is 28.7 Å². The lowest BCUT2D eigenvalue weighted by molar-refractivity contribution is 0.00578. The molecule has 3 rings (SSSR count). The molecule has 1 fully saturated rings. The Labute approximate surface area is 184 Å². The average Bonchev–Trinajstić information content (AvgIpc) is 2.80. The third-order valence-electron chi connectivity index (χ3n) is 6.08. The van der Waals surface area contributed by atoms with Gasteiger partial charge in [-0.15, -0.1) is 0 Å². The summed E-state index contributed by atoms with van der Waals surface area (Å²) in [6.45, 7) is 10.8. The Morgan fingerprint density at radius 3 is 1.70 bits per heavy atom. The van der Waals surface area contributed by atoms with Gasteiger partial charge in [0.2, 0.25) is 0 Å². The van der Waals surface area contributed by atoms with Crippen LogP contribution in [0.25, 0.3) is 0 Å². The molecule has 1 aliphatic rings. The summed E-state index contributed by atoms with van der Waals surface area (Å²) in [4.78, 5) is 0. The van der Waals surface area contributed by atoms with E-state index in [-0.39, 0.29) is 11.1 Å². The van der Waals surface area contributed by atoms with Crippen molar-refractivity contribution in [3.05, 3.63) is 62.6 Å². The quantitative estimate of drug-likeness (QED) is 0.633. The van der Waals surface area contributed by atoms with E-state index in [9.17, 15) is 14.6 Å². The topological polar surface area (TPSA) is 58.9 Å². The summed E-state index contributed by atoms with van der Waals surface area (Å²) in [7, 11) is -0.759. The van der Waals surface area contributed by atoms with Crippen LogP contribution in [0.4, 0.5) is 8.78 Å². The molecular weight excluding hydrogens is 457 g/mol. The number of halogens is 3. The van der Waals surface area contributed by atoms with Gasteiger partial charge in [0, 0.05) is 15.6 Å². The van der Waals surface area contributed by atoms with Crippen molar-refractivity contribution in [2.24, 2.45) is 0 Å². The van der Waals surface area contributed by atoms with Crippen LogP contribution < -0.4 is 5.46 Å². The van der Waals surface area contributed by atoms with Crippen molar-refractivity contribution in [2.45, 2.75) is 65.0 Å². The van der Waals surface area contributed by atoms with Crippen LogP contribution in [0.5, 0.6) is 0 Å². The minimum Gasteiger partial charge on any atom is -0.399 e. The van der Waals surface area contributed by atoms with Crippen LogP contribution in [0.1, 0.15) is 62.2 Å². The highest BCUT2D eigenvalue weighted by molar-refractivity contribution is 9.10. The standard InChI is InChI=1S/C22H26BBrF2O4/c1-11-7-13(23-29-21(3,4)22(5,6)30-23)9-15(25)17(11)19(27)20(28)18-12(2)8-14(24)10-16(18)26/h7-10,19-20,27-28H,1-6H3. The number of aliphatic hydroxyl groups is 2. The van der Waals surface area contributed by atoms with Gasteiger partial charge in [-0.05, 0) is 76.3 Å². The van der Waals surface area contributed by atoms with Crippen LogP contribution in [-0.4, -0.2) is 28.5 Å². The molecule has 0 radical (unpaired) electrons. The summed E-state index contributed by atoms with van der Waals surface area (Å²) in [5.74, 6) is -1.40. The van der Waals surface area contributed by atoms with Crippen molar-refractivity contribution in [1.29, 1.82) is 0 Å². The minimum absolute atomic E-state index is 0.0699. The van der Waals surface area contributed by atoms with E-state index < -0.39 is 42.2 Å². The first-order chi connectivity index (χ1) is 13.7. The second-order valence-electron chi connectivity index (χ2n) is 8.83. The number of aliphatic hydroxyl groups excluding tert-OH is 2. The van der Waals surface area contributed by atoms with Gasteiger partial charge in [0.05, 0.1) is 11.2 Å². The molecule has 8 heteroatoms. The van der Waals surface area contributed by atoms with E-state index in [1.807, 2.05) is 27.7 Å². The molecule has 0 aliphatic carbocycles. The predicted molar refractivity (Wildman–Crippen MR) is 116 cm³/mol. The largest absolute Gasteiger partial charge is 0.494 e. The Morgan fingerprint density at radius 1 is 0.833 bits per heavy atom. The number of rotatable bonds is 4. The number of hydrogen-bond donors (Lipinski definition) is 2. The molecule has 0 spiro atoms. The molecule has 2 atom stereocenters. The zero-order valence-corrected chi connectivity index (χ0v) is 19.5. The maximum absolute atomic E-state index is 15.1. The second-order valence-corrected chi connectivity index (χ2v) is 9.75. The third kappa shape index (κ3) is 4.08. The molecule has 2 unspecified atom stereocenters. The Bertz CT molecular complexity index is 918. The van der Waals surface area contributed by atoms with Gasteiger partial charge < -0.3 is 19.5 Å². The summed E-state index contributed by atoms with van der Waals surface area (Å²) in [5, 5.41) is 21.4. The van der Waals surface area contributed by atoms with E-state index in [2.05, 4.69) is 15.9 Å². The Morgan fingerprint density at radius 2 is 1.27 bits per heavy atom. The van der Waals surface area contributed by atoms with Crippen molar-refractivity contribution >= 4 is 28.5 Å². The van der Waals surface area contributed by atoms with Gasteiger partial charge in [-0.2, -0.15) is 0 Å². The molecule has 2 aromatic carbocycles. The van der Waals surface area contributed by atoms with Gasteiger partial charge in [-0.1, -0.05) is 22.0 Å². The Hall–Kier alpha value is -1.32. The monoisotopic (exact) mass is 482 g/mol. The van der Waals surface area contributed by atoms with E-state index in [1.165, 1.54) is 12.1 Å². The normalized spacial score (nSPS) is 19.8. The van der Waals surface area contributed by atoms with Crippen LogP contribution >= 0.6 is 15.9 Å². The zero-order chi connectivity index (χ0) is 22.6. The van der Waals surface area contributed by atoms with Gasteiger partial charge in [0.25, 0.3) is 0 Å². The fourth-order valence-electron chi connectivity index (χ4n) is 3.68. The van der Waals surface area contributed by atoms with Crippen molar-refractivity contribution in [2.75, 3.05) is 0 Å². The highest BCUT2D eigenvalue weighted by Crippen LogP contribution is 2.38. The maximum Gasteiger partial charge on any atom is 0.494 e. The van der Waals surface area contributed by atoms with E-state index >= 15 is 4.39 Å². The Kier molecular flexibility index (Phi) is 6.22. The zero-order valence-electron chi connectivity index (χ0n) is 17.9. The maximum atomic E-state index is 15.1. The molecule has 1 heterocycles. The van der Waals surface area contributed by atoms with Gasteiger partial charge in [0.15, 0.2) is 0 Å². The molecule has 2 N–H and O–H groups in total. The lowest BCUT2D eigenvalue weighted by Crippen LogP contribution is -2.41. The summed E-state index contributed by atoms with van der Waals surface area (Å²) >= 11 is 3.19. The molecular formula is C22H26BBrF2O4. The lowest BCUT2D eigenvalue weighted by Gasteiger charge is -2.32. The smallest absolute Gasteiger partial charge is 0.399 e. The first-order valence-electron chi connectivity index (χ1n) is 9.72. The molecule has 30 heavy (non-hydrogen) atoms. The van der Waals surface area contributed by atoms with Crippen molar-refractivity contribution in [3.8, 4) is 0 Å². The third-order valence-corrected chi connectivity index (χ3v) is 6.53. The summed E-state index contributed by atoms with van der Waals surface area (Å²) in [6.07, 6.45) is -3.28. The lowest BCUT2D eigenvalue weighted by atomic mass is 9.77. The SMILES string of the molecule is Cc1cc(Br)cc(F)c1C(O)C(O)c1c(C)cc(B2OC(C)(C)C(C)(C)O2)cc1F. The van der Waals surface area contributed by atoms with E-state index in [0.717, 1.165) is 0 Å². The molecule has 0 aromatic heterocycles. The molecule has 162 valence electrons. The van der Waals surface area contributed by atoms with Gasteiger partial charge in [-0.3, -0.25) is 0 Å². The molecule has 0 amide bonds. The highest BCUT2D eigenvalue weighted by atomic mass is 79.9. The van der Waals surface area contributed by atoms with Crippen molar-refractivity contribution in [3.63, 3.8) is 0 Å². The minimum atomic E-state index is -1.65. The molecule has 0 bridgehead atoms. The van der Waals surface area contributed by atoms with Crippen LogP contribution in [0, 0.1) is 25.5 Å². The van der Waals surface area contributed by atoms with Gasteiger partial charge in [0.1, 0.15) is 23.8 Å². The first-order valence-corrected chi connectivity index (χ1v) is 10.5. The molecule has 4 nitrogen and oxygen atoms in total. The molecule has 0 saturated carbocycles. The van der Waals surface area contributed by atoms with Crippen LogP contribution in [-0.2, 0) is 9.31 Å². The van der Waals surface area contributed by atoms with E-state index in [4.69, 9.17) is 9.31 Å². The van der Waals surface area contributed by atoms with Gasteiger partial charge in [-0.25, -0.2) is 8.78 Å². The molecule has 1 saturated heterocycles. The summed E-state index contributed by atoms with van der Waals surface area (Å²) in [5.41, 5.74) is 0.00557. The van der Waals surface area contributed by atoms with Crippen molar-refractivity contribution < 1.29 is 28.3 Å². The van der Waals surface area contributed by atoms with E-state index in [0.29, 0.717) is 21.1 Å². The van der Waals surface area contributed by atoms with Gasteiger partial charge >= 0.3 is 7.12 Å². The Balaban J connectivity index is 1.95. The molecule has 2 aromatic rings. The fourth-order valence-corrected chi connectivity index (χ4v) is 4.22. The van der Waals surface area contributed by atoms with Crippen LogP contribution in [0.2, 0.25) is 0 Å². The number of benzene rings is 2. The number of aryl methyl sites for hydroxylation is 2. The first kappa shape index (κ1) is 23.4. The predicted octanol–water partition coefficient (Wildman–Crippen LogP) is 4.41. The fraction of sp³-hybridized carbons (Fsp3) is 0.455. The van der Waals surface area contributed by atoms with Crippen molar-refractivity contribution in [1.82, 2.24) is 0 Å². The second kappa shape index (κ2) is 7.99. The highest BCUT2D eigenvalue weighted by Gasteiger charge is 2.52. The van der Waals surface area contributed by atoms with E-state index in [1.54, 1.807) is 26.0 Å². The van der Waals surface area contributed by atoms with Crippen LogP contribution in [0.3, 0.4) is 0 Å². The summed E-state index contributed by atoms with van der Waals surface area (Å²) in [6, 6.07) is 5.70. The number of hydrogen-bond acceptors (Lipinski definition) is 4. The summed E-state index contributed by atoms with van der Waals surface area (Å²) < 4.78 is 41.9. The molecule has 1 aliphatic heterocycles. The average molecular weight is 483 g/mol.